The number of methoxy groups -OCH3 is 1. The second-order valence-corrected chi connectivity index (χ2v) is 6.34. The van der Waals surface area contributed by atoms with Crippen molar-refractivity contribution >= 4 is 34.0 Å². The highest BCUT2D eigenvalue weighted by Crippen LogP contribution is 2.22. The number of benzene rings is 1. The summed E-state index contributed by atoms with van der Waals surface area (Å²) in [6.45, 7) is 2.78. The van der Waals surface area contributed by atoms with E-state index in [1.807, 2.05) is 19.1 Å². The monoisotopic (exact) mass is 355 g/mol. The third kappa shape index (κ3) is 5.78. The fourth-order valence-electron chi connectivity index (χ4n) is 1.86. The molecule has 0 spiro atoms. The topological polar surface area (TPSA) is 73.3 Å². The summed E-state index contributed by atoms with van der Waals surface area (Å²) < 4.78 is 10.6. The quantitative estimate of drug-likeness (QED) is 0.734. The lowest BCUT2D eigenvalue weighted by Crippen LogP contribution is -2.12. The van der Waals surface area contributed by atoms with E-state index >= 15 is 0 Å². The zero-order valence-corrected chi connectivity index (χ0v) is 14.5. The highest BCUT2D eigenvalue weighted by atomic mass is 35.5. The van der Waals surface area contributed by atoms with Crippen LogP contribution in [0, 0.1) is 6.92 Å². The van der Waals surface area contributed by atoms with Crippen LogP contribution in [0.2, 0.25) is 5.02 Å². The lowest BCUT2D eigenvalue weighted by Gasteiger charge is -2.09. The average Bonchev–Trinajstić information content (AvgIpc) is 2.93. The molecule has 0 aliphatic heterocycles. The molecule has 0 saturated heterocycles. The molecule has 0 atom stereocenters. The van der Waals surface area contributed by atoms with Crippen LogP contribution >= 0.6 is 22.9 Å². The van der Waals surface area contributed by atoms with Crippen LogP contribution in [-0.4, -0.2) is 29.8 Å². The van der Waals surface area contributed by atoms with Gasteiger partial charge in [0.05, 0.1) is 6.61 Å². The number of carbonyl (C=O) groups is 1. The van der Waals surface area contributed by atoms with Gasteiger partial charge in [0.15, 0.2) is 0 Å². The first-order chi connectivity index (χ1) is 11.1. The molecule has 0 unspecified atom stereocenters. The molecule has 0 fully saturated rings. The third-order valence-electron chi connectivity index (χ3n) is 2.92. The molecule has 0 bridgehead atoms. The van der Waals surface area contributed by atoms with Crippen molar-refractivity contribution in [1.82, 2.24) is 10.2 Å². The lowest BCUT2D eigenvalue weighted by molar-refractivity contribution is -0.116. The van der Waals surface area contributed by atoms with E-state index in [2.05, 4.69) is 15.5 Å². The molecule has 0 radical (unpaired) electrons. The van der Waals surface area contributed by atoms with Crippen LogP contribution in [0.4, 0.5) is 5.13 Å². The molecule has 1 aromatic heterocycles. The number of hydrogen-bond acceptors (Lipinski definition) is 6. The molecule has 1 heterocycles. The van der Waals surface area contributed by atoms with Gasteiger partial charge in [0.1, 0.15) is 17.4 Å². The molecule has 2 rings (SSSR count). The van der Waals surface area contributed by atoms with Crippen molar-refractivity contribution in [2.45, 2.75) is 26.4 Å². The molecule has 0 aliphatic carbocycles. The molecule has 6 nitrogen and oxygen atoms in total. The van der Waals surface area contributed by atoms with E-state index in [0.29, 0.717) is 36.2 Å². The number of amides is 1. The van der Waals surface area contributed by atoms with Gasteiger partial charge in [0, 0.05) is 18.6 Å². The normalized spacial score (nSPS) is 10.6. The van der Waals surface area contributed by atoms with Crippen molar-refractivity contribution in [2.24, 2.45) is 0 Å². The van der Waals surface area contributed by atoms with E-state index in [9.17, 15) is 4.79 Å². The number of aryl methyl sites for hydroxylation is 1. The zero-order valence-electron chi connectivity index (χ0n) is 13.0. The summed E-state index contributed by atoms with van der Waals surface area (Å²) in [5, 5.41) is 12.4. The fraction of sp³-hybridized carbons (Fsp3) is 0.400. The average molecular weight is 356 g/mol. The number of carbonyl (C=O) groups excluding carboxylic acids is 1. The molecule has 23 heavy (non-hydrogen) atoms. The van der Waals surface area contributed by atoms with Gasteiger partial charge >= 0.3 is 0 Å². The van der Waals surface area contributed by atoms with Crippen LogP contribution < -0.4 is 10.1 Å². The maximum Gasteiger partial charge on any atom is 0.226 e. The van der Waals surface area contributed by atoms with Gasteiger partial charge in [-0.2, -0.15) is 0 Å². The molecule has 1 N–H and O–H groups in total. The SMILES string of the molecule is COCc1nnc(NC(=O)CCCOc2ccc(Cl)cc2C)s1. The van der Waals surface area contributed by atoms with Gasteiger partial charge in [-0.25, -0.2) is 0 Å². The van der Waals surface area contributed by atoms with E-state index in [0.717, 1.165) is 16.3 Å². The molecular weight excluding hydrogens is 338 g/mol. The Kier molecular flexibility index (Phi) is 6.76. The Morgan fingerprint density at radius 1 is 1.39 bits per heavy atom. The van der Waals surface area contributed by atoms with E-state index in [-0.39, 0.29) is 5.91 Å². The van der Waals surface area contributed by atoms with Crippen LogP contribution in [0.3, 0.4) is 0 Å². The fourth-order valence-corrected chi connectivity index (χ4v) is 2.81. The molecule has 2 aromatic rings. The minimum atomic E-state index is -0.110. The minimum Gasteiger partial charge on any atom is -0.493 e. The van der Waals surface area contributed by atoms with Crippen molar-refractivity contribution in [3.8, 4) is 5.75 Å². The molecule has 1 aromatic carbocycles. The summed E-state index contributed by atoms with van der Waals surface area (Å²) in [5.41, 5.74) is 0.974. The maximum atomic E-state index is 11.8. The van der Waals surface area contributed by atoms with Crippen molar-refractivity contribution in [3.05, 3.63) is 33.8 Å². The summed E-state index contributed by atoms with van der Waals surface area (Å²) in [7, 11) is 1.59. The Hall–Kier alpha value is -1.70. The molecular formula is C15H18ClN3O3S. The van der Waals surface area contributed by atoms with Gasteiger partial charge in [-0.3, -0.25) is 4.79 Å². The number of anilines is 1. The largest absolute Gasteiger partial charge is 0.493 e. The van der Waals surface area contributed by atoms with Crippen LogP contribution in [0.15, 0.2) is 18.2 Å². The Bertz CT molecular complexity index is 663. The molecule has 8 heteroatoms. The second kappa shape index (κ2) is 8.81. The summed E-state index contributed by atoms with van der Waals surface area (Å²) in [4.78, 5) is 11.8. The smallest absolute Gasteiger partial charge is 0.226 e. The van der Waals surface area contributed by atoms with Crippen molar-refractivity contribution in [1.29, 1.82) is 0 Å². The van der Waals surface area contributed by atoms with Gasteiger partial charge in [-0.1, -0.05) is 22.9 Å². The first-order valence-corrected chi connectivity index (χ1v) is 8.28. The summed E-state index contributed by atoms with van der Waals surface area (Å²) in [6.07, 6.45) is 0.962. The van der Waals surface area contributed by atoms with Gasteiger partial charge in [-0.15, -0.1) is 10.2 Å². The van der Waals surface area contributed by atoms with Gasteiger partial charge in [0.25, 0.3) is 0 Å². The van der Waals surface area contributed by atoms with Crippen LogP contribution in [0.5, 0.6) is 5.75 Å². The summed E-state index contributed by atoms with van der Waals surface area (Å²) >= 11 is 7.19. The standard InChI is InChI=1S/C15H18ClN3O3S/c1-10-8-11(16)5-6-12(10)22-7-3-4-13(20)17-15-19-18-14(23-15)9-21-2/h5-6,8H,3-4,7,9H2,1-2H3,(H,17,19,20). The number of aromatic nitrogens is 2. The number of nitrogens with one attached hydrogen (secondary N) is 1. The van der Waals surface area contributed by atoms with Crippen LogP contribution in [0.25, 0.3) is 0 Å². The molecule has 0 saturated carbocycles. The Labute approximate surface area is 143 Å². The number of nitrogens with zero attached hydrogens (tertiary/aromatic N) is 2. The Morgan fingerprint density at radius 3 is 2.96 bits per heavy atom. The Balaban J connectivity index is 1.70. The van der Waals surface area contributed by atoms with Gasteiger partial charge < -0.3 is 14.8 Å². The summed E-state index contributed by atoms with van der Waals surface area (Å²) in [5.74, 6) is 0.671. The van der Waals surface area contributed by atoms with Crippen molar-refractivity contribution in [3.63, 3.8) is 0 Å². The van der Waals surface area contributed by atoms with E-state index < -0.39 is 0 Å². The van der Waals surface area contributed by atoms with Crippen molar-refractivity contribution in [2.75, 3.05) is 19.0 Å². The predicted octanol–water partition coefficient (Wildman–Crippen LogP) is 3.44. The van der Waals surface area contributed by atoms with E-state index in [1.54, 1.807) is 13.2 Å². The van der Waals surface area contributed by atoms with E-state index in [1.165, 1.54) is 11.3 Å². The maximum absolute atomic E-state index is 11.8. The number of rotatable bonds is 8. The number of ether oxygens (including phenoxy) is 2. The lowest BCUT2D eigenvalue weighted by atomic mass is 10.2. The summed E-state index contributed by atoms with van der Waals surface area (Å²) in [6, 6.07) is 5.45. The number of halogens is 1. The minimum absolute atomic E-state index is 0.110. The highest BCUT2D eigenvalue weighted by Gasteiger charge is 2.08. The number of hydrogen-bond donors (Lipinski definition) is 1. The van der Waals surface area contributed by atoms with Crippen LogP contribution in [-0.2, 0) is 16.1 Å². The predicted molar refractivity (Wildman–Crippen MR) is 90.2 cm³/mol. The third-order valence-corrected chi connectivity index (χ3v) is 3.97. The van der Waals surface area contributed by atoms with Gasteiger partial charge in [0.2, 0.25) is 11.0 Å². The van der Waals surface area contributed by atoms with Gasteiger partial charge in [-0.05, 0) is 37.1 Å². The first kappa shape index (κ1) is 17.7. The highest BCUT2D eigenvalue weighted by molar-refractivity contribution is 7.15. The Morgan fingerprint density at radius 2 is 2.22 bits per heavy atom. The van der Waals surface area contributed by atoms with Crippen LogP contribution in [0.1, 0.15) is 23.4 Å². The van der Waals surface area contributed by atoms with Crippen molar-refractivity contribution < 1.29 is 14.3 Å². The molecule has 124 valence electrons. The second-order valence-electron chi connectivity index (χ2n) is 4.84. The van der Waals surface area contributed by atoms with E-state index in [4.69, 9.17) is 21.1 Å². The first-order valence-electron chi connectivity index (χ1n) is 7.08. The molecule has 0 aliphatic rings. The molecule has 1 amide bonds. The zero-order chi connectivity index (χ0) is 16.7.